The lowest BCUT2D eigenvalue weighted by Gasteiger charge is -1.95. The van der Waals surface area contributed by atoms with Gasteiger partial charge < -0.3 is 5.11 Å². The summed E-state index contributed by atoms with van der Waals surface area (Å²) in [4.78, 5) is 10.9. The Morgan fingerprint density at radius 2 is 2.00 bits per heavy atom. The van der Waals surface area contributed by atoms with E-state index in [1.807, 2.05) is 0 Å². The van der Waals surface area contributed by atoms with Gasteiger partial charge in [-0.3, -0.25) is 4.79 Å². The van der Waals surface area contributed by atoms with Gasteiger partial charge in [-0.25, -0.2) is 13.1 Å². The van der Waals surface area contributed by atoms with Crippen LogP contribution in [0.25, 0.3) is 0 Å². The van der Waals surface area contributed by atoms with Gasteiger partial charge in [0, 0.05) is 0 Å². The molecule has 13 heavy (non-hydrogen) atoms. The van der Waals surface area contributed by atoms with Crippen LogP contribution in [0, 0.1) is 0 Å². The predicted molar refractivity (Wildman–Crippen MR) is 42.8 cm³/mol. The molecule has 0 saturated heterocycles. The summed E-state index contributed by atoms with van der Waals surface area (Å²) < 4.78 is 24.1. The molecule has 5 nitrogen and oxygen atoms in total. The molecule has 2 N–H and O–H groups in total. The first-order valence-corrected chi connectivity index (χ1v) is 4.90. The smallest absolute Gasteiger partial charge is 0.270 e. The van der Waals surface area contributed by atoms with E-state index in [4.69, 9.17) is 0 Å². The van der Waals surface area contributed by atoms with Crippen molar-refractivity contribution in [2.24, 2.45) is 0 Å². The quantitative estimate of drug-likeness (QED) is 0.607. The maximum Gasteiger partial charge on any atom is 0.270 e. The molecule has 0 fully saturated rings. The Bertz CT molecular complexity index is 491. The Balaban J connectivity index is 2.87. The number of hydrogen-bond acceptors (Lipinski definition) is 4. The van der Waals surface area contributed by atoms with Crippen LogP contribution in [-0.4, -0.2) is 19.4 Å². The Labute approximate surface area is 74.1 Å². The van der Waals surface area contributed by atoms with Crippen LogP contribution in [0.4, 0.5) is 0 Å². The van der Waals surface area contributed by atoms with Crippen molar-refractivity contribution in [3.63, 3.8) is 0 Å². The molecule has 0 saturated carbocycles. The van der Waals surface area contributed by atoms with Crippen molar-refractivity contribution in [3.05, 3.63) is 23.8 Å². The Kier molecular flexibility index (Phi) is 1.38. The number of carbonyl (C=O) groups excluding carboxylic acids is 1. The van der Waals surface area contributed by atoms with E-state index in [-0.39, 0.29) is 16.2 Å². The minimum Gasteiger partial charge on any atom is -0.507 e. The van der Waals surface area contributed by atoms with E-state index in [1.54, 1.807) is 4.72 Å². The number of carbonyl (C=O) groups is 1. The molecule has 0 bridgehead atoms. The van der Waals surface area contributed by atoms with E-state index in [0.29, 0.717) is 0 Å². The van der Waals surface area contributed by atoms with Gasteiger partial charge in [-0.2, -0.15) is 0 Å². The zero-order valence-corrected chi connectivity index (χ0v) is 7.13. The average molecular weight is 199 g/mol. The third-order valence-electron chi connectivity index (χ3n) is 1.75. The molecule has 1 amide bonds. The summed E-state index contributed by atoms with van der Waals surface area (Å²) in [6.45, 7) is 0. The van der Waals surface area contributed by atoms with Crippen LogP contribution in [-0.2, 0) is 10.0 Å². The van der Waals surface area contributed by atoms with E-state index in [1.165, 1.54) is 18.2 Å². The van der Waals surface area contributed by atoms with E-state index in [0.717, 1.165) is 0 Å². The molecular weight excluding hydrogens is 194 g/mol. The fourth-order valence-electron chi connectivity index (χ4n) is 1.20. The van der Waals surface area contributed by atoms with E-state index >= 15 is 0 Å². The third kappa shape index (κ3) is 0.988. The maximum absolute atomic E-state index is 11.2. The number of amides is 1. The van der Waals surface area contributed by atoms with E-state index in [2.05, 4.69) is 0 Å². The maximum atomic E-state index is 11.2. The van der Waals surface area contributed by atoms with Crippen molar-refractivity contribution in [2.45, 2.75) is 4.90 Å². The van der Waals surface area contributed by atoms with Crippen LogP contribution in [0.2, 0.25) is 0 Å². The first-order valence-electron chi connectivity index (χ1n) is 3.41. The average Bonchev–Trinajstić information content (AvgIpc) is 2.24. The number of fused-ring (bicyclic) bond motifs is 1. The fourth-order valence-corrected chi connectivity index (χ4v) is 2.38. The molecule has 1 heterocycles. The number of hydrogen-bond donors (Lipinski definition) is 2. The van der Waals surface area contributed by atoms with Crippen molar-refractivity contribution in [3.8, 4) is 5.75 Å². The summed E-state index contributed by atoms with van der Waals surface area (Å²) in [5.41, 5.74) is -0.178. The molecule has 0 aromatic heterocycles. The van der Waals surface area contributed by atoms with Gasteiger partial charge in [0.25, 0.3) is 15.9 Å². The molecule has 0 atom stereocenters. The summed E-state index contributed by atoms with van der Waals surface area (Å²) in [5.74, 6) is -1.11. The Morgan fingerprint density at radius 1 is 1.31 bits per heavy atom. The molecule has 0 aliphatic carbocycles. The summed E-state index contributed by atoms with van der Waals surface area (Å²) in [5, 5.41) is 9.21. The molecule has 1 aromatic carbocycles. The molecule has 0 unspecified atom stereocenters. The molecule has 0 radical (unpaired) electrons. The number of nitrogens with one attached hydrogen (secondary N) is 1. The minimum atomic E-state index is -3.74. The summed E-state index contributed by atoms with van der Waals surface area (Å²) in [6.07, 6.45) is 0. The number of phenolic OH excluding ortho intramolecular Hbond substituents is 1. The largest absolute Gasteiger partial charge is 0.507 e. The van der Waals surface area contributed by atoms with Gasteiger partial charge in [-0.1, -0.05) is 6.07 Å². The Morgan fingerprint density at radius 3 is 2.62 bits per heavy atom. The minimum absolute atomic E-state index is 0.169. The number of phenols is 1. The predicted octanol–water partition coefficient (Wildman–Crippen LogP) is -0.176. The van der Waals surface area contributed by atoms with Crippen LogP contribution >= 0.6 is 0 Å². The standard InChI is InChI=1S/C7H5NO4S/c9-4-2-1-3-5-6(4)7(10)8-13(5,11)12/h1-3,9H,(H,8,10). The second-order valence-electron chi connectivity index (χ2n) is 2.58. The van der Waals surface area contributed by atoms with Crippen LogP contribution in [0.1, 0.15) is 10.4 Å². The van der Waals surface area contributed by atoms with Crippen molar-refractivity contribution >= 4 is 15.9 Å². The van der Waals surface area contributed by atoms with E-state index < -0.39 is 15.9 Å². The van der Waals surface area contributed by atoms with Gasteiger partial charge in [0.2, 0.25) is 0 Å². The van der Waals surface area contributed by atoms with Gasteiger partial charge in [0.15, 0.2) is 0 Å². The number of rotatable bonds is 0. The van der Waals surface area contributed by atoms with Crippen LogP contribution < -0.4 is 4.72 Å². The number of aromatic hydroxyl groups is 1. The Hall–Kier alpha value is -1.56. The van der Waals surface area contributed by atoms with Gasteiger partial charge in [0.1, 0.15) is 16.2 Å². The lowest BCUT2D eigenvalue weighted by atomic mass is 10.2. The lowest BCUT2D eigenvalue weighted by Crippen LogP contribution is -2.20. The van der Waals surface area contributed by atoms with Crippen LogP contribution in [0.15, 0.2) is 23.1 Å². The molecule has 0 spiro atoms. The topological polar surface area (TPSA) is 83.5 Å². The highest BCUT2D eigenvalue weighted by molar-refractivity contribution is 7.90. The van der Waals surface area contributed by atoms with Crippen molar-refractivity contribution in [1.29, 1.82) is 0 Å². The highest BCUT2D eigenvalue weighted by atomic mass is 32.2. The highest BCUT2D eigenvalue weighted by Gasteiger charge is 2.34. The molecule has 68 valence electrons. The number of benzene rings is 1. The van der Waals surface area contributed by atoms with Crippen LogP contribution in [0.5, 0.6) is 5.75 Å². The van der Waals surface area contributed by atoms with Crippen molar-refractivity contribution in [2.75, 3.05) is 0 Å². The first-order chi connectivity index (χ1) is 6.02. The lowest BCUT2D eigenvalue weighted by molar-refractivity contribution is 0.0982. The molecule has 1 aliphatic rings. The highest BCUT2D eigenvalue weighted by Crippen LogP contribution is 2.29. The summed E-state index contributed by atoms with van der Waals surface area (Å²) >= 11 is 0. The van der Waals surface area contributed by atoms with Crippen LogP contribution in [0.3, 0.4) is 0 Å². The van der Waals surface area contributed by atoms with E-state index in [9.17, 15) is 18.3 Å². The van der Waals surface area contributed by atoms with Gasteiger partial charge in [-0.15, -0.1) is 0 Å². The monoisotopic (exact) mass is 199 g/mol. The van der Waals surface area contributed by atoms with Gasteiger partial charge in [-0.05, 0) is 12.1 Å². The van der Waals surface area contributed by atoms with Crippen molar-refractivity contribution < 1.29 is 18.3 Å². The molecule has 2 rings (SSSR count). The molecule has 1 aliphatic heterocycles. The van der Waals surface area contributed by atoms with Gasteiger partial charge in [0.05, 0.1) is 0 Å². The fraction of sp³-hybridized carbons (Fsp3) is 0. The molecule has 6 heteroatoms. The second kappa shape index (κ2) is 2.23. The molecule has 1 aromatic rings. The third-order valence-corrected chi connectivity index (χ3v) is 3.12. The van der Waals surface area contributed by atoms with Crippen molar-refractivity contribution in [1.82, 2.24) is 4.72 Å². The zero-order valence-electron chi connectivity index (χ0n) is 6.31. The SMILES string of the molecule is O=C1NS(=O)(=O)c2cccc(O)c21. The summed E-state index contributed by atoms with van der Waals surface area (Å²) in [6, 6.07) is 3.90. The summed E-state index contributed by atoms with van der Waals surface area (Å²) in [7, 11) is -3.74. The first kappa shape index (κ1) is 8.06. The number of sulfonamides is 1. The zero-order chi connectivity index (χ0) is 9.64. The normalized spacial score (nSPS) is 18.0. The molecular formula is C7H5NO4S. The van der Waals surface area contributed by atoms with Gasteiger partial charge >= 0.3 is 0 Å². The second-order valence-corrected chi connectivity index (χ2v) is 4.24.